The van der Waals surface area contributed by atoms with E-state index in [1.54, 1.807) is 13.0 Å². The smallest absolute Gasteiger partial charge is 0.164 e. The first-order valence-electron chi connectivity index (χ1n) is 6.63. The van der Waals surface area contributed by atoms with Crippen molar-refractivity contribution in [1.82, 2.24) is 20.1 Å². The number of hydrogen-bond donors (Lipinski definition) is 1. The number of halogens is 1. The van der Waals surface area contributed by atoms with Crippen LogP contribution in [0, 0.1) is 12.7 Å². The third kappa shape index (κ3) is 2.04. The molecule has 2 aromatic rings. The van der Waals surface area contributed by atoms with Crippen LogP contribution in [0.15, 0.2) is 18.2 Å². The average molecular weight is 260 g/mol. The molecule has 1 aromatic heterocycles. The van der Waals surface area contributed by atoms with E-state index in [4.69, 9.17) is 0 Å². The second-order valence-corrected chi connectivity index (χ2v) is 4.91. The van der Waals surface area contributed by atoms with E-state index in [1.165, 1.54) is 6.07 Å². The Morgan fingerprint density at radius 1 is 1.42 bits per heavy atom. The van der Waals surface area contributed by atoms with Crippen LogP contribution in [-0.2, 0) is 6.54 Å². The lowest BCUT2D eigenvalue weighted by molar-refractivity contribution is 0.407. The zero-order valence-electron chi connectivity index (χ0n) is 11.2. The molecule has 0 radical (unpaired) electrons. The SMILES string of the molecule is CCC1NCCn2c(-c3ccc(F)c(C)c3)nnc21. The van der Waals surface area contributed by atoms with Crippen molar-refractivity contribution in [3.63, 3.8) is 0 Å². The molecule has 100 valence electrons. The first-order valence-corrected chi connectivity index (χ1v) is 6.63. The van der Waals surface area contributed by atoms with Crippen LogP contribution in [0.5, 0.6) is 0 Å². The summed E-state index contributed by atoms with van der Waals surface area (Å²) < 4.78 is 15.5. The molecular formula is C14H17FN4. The Hall–Kier alpha value is -1.75. The largest absolute Gasteiger partial charge is 0.308 e. The minimum atomic E-state index is -0.185. The summed E-state index contributed by atoms with van der Waals surface area (Å²) in [6.07, 6.45) is 0.987. The molecule has 0 fully saturated rings. The summed E-state index contributed by atoms with van der Waals surface area (Å²) >= 11 is 0. The van der Waals surface area contributed by atoms with Crippen molar-refractivity contribution < 1.29 is 4.39 Å². The predicted molar refractivity (Wildman–Crippen MR) is 71.2 cm³/mol. The summed E-state index contributed by atoms with van der Waals surface area (Å²) in [5.41, 5.74) is 1.56. The van der Waals surface area contributed by atoms with Gasteiger partial charge < -0.3 is 9.88 Å². The molecule has 1 atom stereocenters. The van der Waals surface area contributed by atoms with Crippen LogP contribution in [0.3, 0.4) is 0 Å². The van der Waals surface area contributed by atoms with Gasteiger partial charge in [-0.1, -0.05) is 6.92 Å². The van der Waals surface area contributed by atoms with Crippen LogP contribution >= 0.6 is 0 Å². The molecule has 2 heterocycles. The lowest BCUT2D eigenvalue weighted by Gasteiger charge is -2.24. The van der Waals surface area contributed by atoms with Crippen LogP contribution in [0.4, 0.5) is 4.39 Å². The van der Waals surface area contributed by atoms with Crippen LogP contribution in [0.25, 0.3) is 11.4 Å². The molecule has 5 heteroatoms. The van der Waals surface area contributed by atoms with Gasteiger partial charge in [0.2, 0.25) is 0 Å². The van der Waals surface area contributed by atoms with Gasteiger partial charge in [-0.3, -0.25) is 0 Å². The standard InChI is InChI=1S/C14H17FN4/c1-3-12-14-18-17-13(19(14)7-6-16-12)10-4-5-11(15)9(2)8-10/h4-5,8,12,16H,3,6-7H2,1-2H3. The van der Waals surface area contributed by atoms with Crippen molar-refractivity contribution in [2.45, 2.75) is 32.9 Å². The van der Waals surface area contributed by atoms with Crippen molar-refractivity contribution >= 4 is 0 Å². The van der Waals surface area contributed by atoms with E-state index in [-0.39, 0.29) is 11.9 Å². The highest BCUT2D eigenvalue weighted by Gasteiger charge is 2.24. The van der Waals surface area contributed by atoms with Gasteiger partial charge in [0.15, 0.2) is 11.6 Å². The van der Waals surface area contributed by atoms with Gasteiger partial charge >= 0.3 is 0 Å². The number of hydrogen-bond acceptors (Lipinski definition) is 3. The van der Waals surface area contributed by atoms with Gasteiger partial charge in [-0.05, 0) is 37.1 Å². The van der Waals surface area contributed by atoms with Crippen molar-refractivity contribution in [2.24, 2.45) is 0 Å². The molecule has 0 amide bonds. The van der Waals surface area contributed by atoms with Gasteiger partial charge in [-0.15, -0.1) is 10.2 Å². The minimum Gasteiger partial charge on any atom is -0.308 e. The summed E-state index contributed by atoms with van der Waals surface area (Å²) in [6, 6.07) is 5.35. The zero-order valence-corrected chi connectivity index (χ0v) is 11.2. The van der Waals surface area contributed by atoms with Gasteiger partial charge in [0.1, 0.15) is 5.82 Å². The zero-order chi connectivity index (χ0) is 13.4. The molecule has 0 saturated heterocycles. The maximum absolute atomic E-state index is 13.3. The number of aryl methyl sites for hydroxylation is 1. The average Bonchev–Trinajstić information content (AvgIpc) is 2.85. The first-order chi connectivity index (χ1) is 9.20. The number of rotatable bonds is 2. The monoisotopic (exact) mass is 260 g/mol. The van der Waals surface area contributed by atoms with E-state index < -0.39 is 0 Å². The second-order valence-electron chi connectivity index (χ2n) is 4.91. The van der Waals surface area contributed by atoms with E-state index in [2.05, 4.69) is 27.0 Å². The molecule has 1 unspecified atom stereocenters. The number of aromatic nitrogens is 3. The highest BCUT2D eigenvalue weighted by molar-refractivity contribution is 5.57. The van der Waals surface area contributed by atoms with Gasteiger partial charge in [0.25, 0.3) is 0 Å². The number of nitrogens with one attached hydrogen (secondary N) is 1. The van der Waals surface area contributed by atoms with E-state index >= 15 is 0 Å². The third-order valence-electron chi connectivity index (χ3n) is 3.64. The molecule has 0 saturated carbocycles. The summed E-state index contributed by atoms with van der Waals surface area (Å²) in [5, 5.41) is 12.0. The fourth-order valence-electron chi connectivity index (χ4n) is 2.56. The lowest BCUT2D eigenvalue weighted by Crippen LogP contribution is -2.33. The number of fused-ring (bicyclic) bond motifs is 1. The van der Waals surface area contributed by atoms with Crippen molar-refractivity contribution in [3.8, 4) is 11.4 Å². The Balaban J connectivity index is 2.06. The number of benzene rings is 1. The van der Waals surface area contributed by atoms with Crippen LogP contribution in [0.2, 0.25) is 0 Å². The third-order valence-corrected chi connectivity index (χ3v) is 3.64. The lowest BCUT2D eigenvalue weighted by atomic mass is 10.1. The van der Waals surface area contributed by atoms with Crippen molar-refractivity contribution in [1.29, 1.82) is 0 Å². The molecule has 1 aliphatic heterocycles. The Morgan fingerprint density at radius 2 is 2.26 bits per heavy atom. The molecule has 1 N–H and O–H groups in total. The van der Waals surface area contributed by atoms with Crippen LogP contribution in [0.1, 0.15) is 30.8 Å². The molecular weight excluding hydrogens is 243 g/mol. The summed E-state index contributed by atoms with van der Waals surface area (Å²) in [4.78, 5) is 0. The van der Waals surface area contributed by atoms with E-state index in [0.717, 1.165) is 36.7 Å². The maximum atomic E-state index is 13.3. The molecule has 4 nitrogen and oxygen atoms in total. The molecule has 19 heavy (non-hydrogen) atoms. The summed E-state index contributed by atoms with van der Waals surface area (Å²) in [7, 11) is 0. The molecule has 3 rings (SSSR count). The van der Waals surface area contributed by atoms with Gasteiger partial charge in [-0.2, -0.15) is 0 Å². The van der Waals surface area contributed by atoms with Gasteiger partial charge in [0.05, 0.1) is 6.04 Å². The van der Waals surface area contributed by atoms with Crippen LogP contribution < -0.4 is 5.32 Å². The Labute approximate surface area is 111 Å². The molecule has 0 bridgehead atoms. The van der Waals surface area contributed by atoms with Gasteiger partial charge in [0, 0.05) is 18.7 Å². The fraction of sp³-hybridized carbons (Fsp3) is 0.429. The van der Waals surface area contributed by atoms with E-state index in [9.17, 15) is 4.39 Å². The maximum Gasteiger partial charge on any atom is 0.164 e. The molecule has 0 spiro atoms. The van der Waals surface area contributed by atoms with E-state index in [0.29, 0.717) is 5.56 Å². The number of nitrogens with zero attached hydrogens (tertiary/aromatic N) is 3. The fourth-order valence-corrected chi connectivity index (χ4v) is 2.56. The van der Waals surface area contributed by atoms with E-state index in [1.807, 2.05) is 6.07 Å². The topological polar surface area (TPSA) is 42.7 Å². The highest BCUT2D eigenvalue weighted by Crippen LogP contribution is 2.26. The Morgan fingerprint density at radius 3 is 3.00 bits per heavy atom. The normalized spacial score (nSPS) is 18.4. The predicted octanol–water partition coefficient (Wildman–Crippen LogP) is 2.45. The Bertz CT molecular complexity index is 605. The minimum absolute atomic E-state index is 0.185. The quantitative estimate of drug-likeness (QED) is 0.902. The van der Waals surface area contributed by atoms with Crippen molar-refractivity contribution in [2.75, 3.05) is 6.54 Å². The second kappa shape index (κ2) is 4.74. The van der Waals surface area contributed by atoms with Crippen LogP contribution in [-0.4, -0.2) is 21.3 Å². The Kier molecular flexibility index (Phi) is 3.06. The molecule has 0 aliphatic carbocycles. The molecule has 1 aliphatic rings. The van der Waals surface area contributed by atoms with Gasteiger partial charge in [-0.25, -0.2) is 4.39 Å². The molecule has 1 aromatic carbocycles. The van der Waals surface area contributed by atoms with Crippen molar-refractivity contribution in [3.05, 3.63) is 35.4 Å². The summed E-state index contributed by atoms with van der Waals surface area (Å²) in [5.74, 6) is 1.62. The highest BCUT2D eigenvalue weighted by atomic mass is 19.1. The summed E-state index contributed by atoms with van der Waals surface area (Å²) in [6.45, 7) is 5.66. The first kappa shape index (κ1) is 12.3.